The molecule has 0 unspecified atom stereocenters. The number of hydrogen-bond acceptors (Lipinski definition) is 4. The zero-order valence-corrected chi connectivity index (χ0v) is 13.1. The van der Waals surface area contributed by atoms with Gasteiger partial charge >= 0.3 is 0 Å². The number of carbonyl (C=O) groups excluding carboxylic acids is 1. The molecule has 2 heterocycles. The maximum absolute atomic E-state index is 12.1. The van der Waals surface area contributed by atoms with Crippen LogP contribution in [0.4, 0.5) is 5.69 Å². The Kier molecular flexibility index (Phi) is 3.69. The van der Waals surface area contributed by atoms with Crippen molar-refractivity contribution in [3.63, 3.8) is 0 Å². The minimum absolute atomic E-state index is 0.147. The van der Waals surface area contributed by atoms with Gasteiger partial charge in [-0.05, 0) is 24.3 Å². The predicted molar refractivity (Wildman–Crippen MR) is 87.6 cm³/mol. The smallest absolute Gasteiger partial charge is 0.276 e. The van der Waals surface area contributed by atoms with Crippen LogP contribution in [-0.2, 0) is 7.05 Å². The monoisotopic (exact) mass is 311 g/mol. The van der Waals surface area contributed by atoms with Crippen molar-refractivity contribution in [1.82, 2.24) is 19.7 Å². The summed E-state index contributed by atoms with van der Waals surface area (Å²) in [6, 6.07) is 8.20. The summed E-state index contributed by atoms with van der Waals surface area (Å²) in [4.78, 5) is 27.7. The summed E-state index contributed by atoms with van der Waals surface area (Å²) < 4.78 is 2.05. The standard InChI is InChI=1S/C16H17N5O2/c1-9(2)15-18-12-8-10(4-6-13(12)21(15)3)17-16(23)11-5-7-14(22)20-19-11/h4-9H,1-3H3,(H,17,23)(H,20,22). The average molecular weight is 311 g/mol. The molecule has 0 radical (unpaired) electrons. The maximum atomic E-state index is 12.1. The number of imidazole rings is 1. The van der Waals surface area contributed by atoms with Crippen LogP contribution in [0.15, 0.2) is 35.1 Å². The van der Waals surface area contributed by atoms with E-state index in [0.29, 0.717) is 11.6 Å². The third-order valence-electron chi connectivity index (χ3n) is 3.60. The average Bonchev–Trinajstić information content (AvgIpc) is 2.84. The van der Waals surface area contributed by atoms with Gasteiger partial charge in [0.1, 0.15) is 11.5 Å². The minimum Gasteiger partial charge on any atom is -0.331 e. The van der Waals surface area contributed by atoms with Crippen molar-refractivity contribution >= 4 is 22.6 Å². The van der Waals surface area contributed by atoms with Crippen molar-refractivity contribution in [3.8, 4) is 0 Å². The van der Waals surface area contributed by atoms with E-state index >= 15 is 0 Å². The molecule has 0 fully saturated rings. The molecular weight excluding hydrogens is 294 g/mol. The van der Waals surface area contributed by atoms with E-state index in [1.54, 1.807) is 0 Å². The molecule has 0 saturated carbocycles. The van der Waals surface area contributed by atoms with E-state index in [9.17, 15) is 9.59 Å². The van der Waals surface area contributed by atoms with E-state index in [2.05, 4.69) is 38.9 Å². The van der Waals surface area contributed by atoms with Crippen LogP contribution in [0.2, 0.25) is 0 Å². The Balaban J connectivity index is 1.90. The van der Waals surface area contributed by atoms with Gasteiger partial charge in [0.05, 0.1) is 11.0 Å². The fourth-order valence-corrected chi connectivity index (χ4v) is 2.48. The number of aromatic amines is 1. The summed E-state index contributed by atoms with van der Waals surface area (Å²) in [6.45, 7) is 4.18. The van der Waals surface area contributed by atoms with Crippen LogP contribution in [0.25, 0.3) is 11.0 Å². The number of carbonyl (C=O) groups is 1. The molecule has 0 spiro atoms. The number of aromatic nitrogens is 4. The Bertz CT molecular complexity index is 919. The molecule has 0 aliphatic heterocycles. The van der Waals surface area contributed by atoms with Gasteiger partial charge in [-0.3, -0.25) is 9.59 Å². The van der Waals surface area contributed by atoms with Crippen LogP contribution < -0.4 is 10.9 Å². The van der Waals surface area contributed by atoms with E-state index < -0.39 is 0 Å². The quantitative estimate of drug-likeness (QED) is 0.774. The number of anilines is 1. The Morgan fingerprint density at radius 1 is 1.26 bits per heavy atom. The number of amides is 1. The number of nitrogens with zero attached hydrogens (tertiary/aromatic N) is 3. The third kappa shape index (κ3) is 2.85. The molecule has 3 aromatic rings. The summed E-state index contributed by atoms with van der Waals surface area (Å²) in [6.07, 6.45) is 0. The summed E-state index contributed by atoms with van der Waals surface area (Å²) in [5.74, 6) is 0.919. The summed E-state index contributed by atoms with van der Waals surface area (Å²) in [5.41, 5.74) is 2.26. The Morgan fingerprint density at radius 3 is 2.70 bits per heavy atom. The molecule has 7 heteroatoms. The van der Waals surface area contributed by atoms with Crippen molar-refractivity contribution in [2.45, 2.75) is 19.8 Å². The van der Waals surface area contributed by atoms with Gasteiger partial charge in [-0.25, -0.2) is 10.1 Å². The van der Waals surface area contributed by atoms with Gasteiger partial charge in [-0.1, -0.05) is 13.8 Å². The molecule has 2 aromatic heterocycles. The Labute approximate surface area is 132 Å². The highest BCUT2D eigenvalue weighted by atomic mass is 16.2. The molecule has 0 aliphatic rings. The number of aryl methyl sites for hydroxylation is 1. The highest BCUT2D eigenvalue weighted by Gasteiger charge is 2.13. The summed E-state index contributed by atoms with van der Waals surface area (Å²) in [7, 11) is 1.98. The lowest BCUT2D eigenvalue weighted by Crippen LogP contribution is -2.17. The number of fused-ring (bicyclic) bond motifs is 1. The molecule has 0 saturated heterocycles. The number of benzene rings is 1. The first-order valence-electron chi connectivity index (χ1n) is 7.29. The maximum Gasteiger partial charge on any atom is 0.276 e. The van der Waals surface area contributed by atoms with Gasteiger partial charge in [0, 0.05) is 24.7 Å². The van der Waals surface area contributed by atoms with Crippen molar-refractivity contribution in [2.24, 2.45) is 7.05 Å². The second-order valence-electron chi connectivity index (χ2n) is 5.65. The fourth-order valence-electron chi connectivity index (χ4n) is 2.48. The van der Waals surface area contributed by atoms with Crippen molar-refractivity contribution < 1.29 is 4.79 Å². The highest BCUT2D eigenvalue weighted by molar-refractivity contribution is 6.03. The van der Waals surface area contributed by atoms with Gasteiger partial charge in [-0.2, -0.15) is 5.10 Å². The topological polar surface area (TPSA) is 92.7 Å². The lowest BCUT2D eigenvalue weighted by molar-refractivity contribution is 0.102. The molecule has 7 nitrogen and oxygen atoms in total. The molecule has 1 aromatic carbocycles. The molecule has 23 heavy (non-hydrogen) atoms. The molecule has 0 atom stereocenters. The van der Waals surface area contributed by atoms with Gasteiger partial charge in [0.2, 0.25) is 0 Å². The van der Waals surface area contributed by atoms with Crippen LogP contribution in [0.3, 0.4) is 0 Å². The van der Waals surface area contributed by atoms with Crippen molar-refractivity contribution in [3.05, 3.63) is 52.2 Å². The molecule has 118 valence electrons. The third-order valence-corrected chi connectivity index (χ3v) is 3.60. The van der Waals surface area contributed by atoms with Gasteiger partial charge < -0.3 is 9.88 Å². The van der Waals surface area contributed by atoms with Crippen LogP contribution in [0, 0.1) is 0 Å². The molecule has 3 rings (SSSR count). The molecule has 1 amide bonds. The Morgan fingerprint density at radius 2 is 2.04 bits per heavy atom. The van der Waals surface area contributed by atoms with E-state index in [1.165, 1.54) is 12.1 Å². The first-order valence-corrected chi connectivity index (χ1v) is 7.29. The van der Waals surface area contributed by atoms with Crippen molar-refractivity contribution in [1.29, 1.82) is 0 Å². The van der Waals surface area contributed by atoms with E-state index in [4.69, 9.17) is 0 Å². The van der Waals surface area contributed by atoms with E-state index in [1.807, 2.05) is 25.2 Å². The second-order valence-corrected chi connectivity index (χ2v) is 5.65. The molecule has 0 aliphatic carbocycles. The number of H-pyrrole nitrogens is 1. The summed E-state index contributed by atoms with van der Waals surface area (Å²) in [5, 5.41) is 8.70. The number of hydrogen-bond donors (Lipinski definition) is 2. The number of rotatable bonds is 3. The molecular formula is C16H17N5O2. The fraction of sp³-hybridized carbons (Fsp3) is 0.250. The number of nitrogens with one attached hydrogen (secondary N) is 2. The van der Waals surface area contributed by atoms with Crippen LogP contribution in [0.5, 0.6) is 0 Å². The van der Waals surface area contributed by atoms with Crippen molar-refractivity contribution in [2.75, 3.05) is 5.32 Å². The normalized spacial score (nSPS) is 11.1. The van der Waals surface area contributed by atoms with Crippen LogP contribution in [0.1, 0.15) is 36.1 Å². The van der Waals surface area contributed by atoms with E-state index in [-0.39, 0.29) is 17.2 Å². The Hall–Kier alpha value is -2.96. The second kappa shape index (κ2) is 5.68. The van der Waals surface area contributed by atoms with Gasteiger partial charge in [-0.15, -0.1) is 0 Å². The van der Waals surface area contributed by atoms with Crippen LogP contribution >= 0.6 is 0 Å². The molecule has 2 N–H and O–H groups in total. The molecule has 0 bridgehead atoms. The SMILES string of the molecule is CC(C)c1nc2cc(NC(=O)c3ccc(=O)[nH]n3)ccc2n1C. The van der Waals surface area contributed by atoms with E-state index in [0.717, 1.165) is 16.9 Å². The first-order chi connectivity index (χ1) is 11.0. The lowest BCUT2D eigenvalue weighted by atomic mass is 10.2. The minimum atomic E-state index is -0.388. The van der Waals surface area contributed by atoms with Crippen LogP contribution in [-0.4, -0.2) is 25.7 Å². The predicted octanol–water partition coefficient (Wildman–Crippen LogP) is 2.03. The van der Waals surface area contributed by atoms with Gasteiger partial charge in [0.15, 0.2) is 0 Å². The lowest BCUT2D eigenvalue weighted by Gasteiger charge is -2.05. The van der Waals surface area contributed by atoms with Gasteiger partial charge in [0.25, 0.3) is 11.5 Å². The largest absolute Gasteiger partial charge is 0.331 e. The summed E-state index contributed by atoms with van der Waals surface area (Å²) >= 11 is 0. The zero-order valence-electron chi connectivity index (χ0n) is 13.1. The first kappa shape index (κ1) is 15.0. The zero-order chi connectivity index (χ0) is 16.6. The highest BCUT2D eigenvalue weighted by Crippen LogP contribution is 2.23.